The minimum absolute atomic E-state index is 0.225. The lowest BCUT2D eigenvalue weighted by Crippen LogP contribution is -2.13. The summed E-state index contributed by atoms with van der Waals surface area (Å²) in [5, 5.41) is 3.28. The van der Waals surface area contributed by atoms with Gasteiger partial charge in [-0.3, -0.25) is 4.79 Å². The number of amides is 1. The van der Waals surface area contributed by atoms with Crippen molar-refractivity contribution in [1.82, 2.24) is 0 Å². The van der Waals surface area contributed by atoms with E-state index in [-0.39, 0.29) is 5.91 Å². The Labute approximate surface area is 139 Å². The molecule has 104 valence electrons. The van der Waals surface area contributed by atoms with Crippen LogP contribution in [-0.4, -0.2) is 5.91 Å². The highest BCUT2D eigenvalue weighted by Gasteiger charge is 2.13. The second kappa shape index (κ2) is 6.29. The van der Waals surface area contributed by atoms with E-state index in [1.807, 2.05) is 26.0 Å². The third kappa shape index (κ3) is 3.25. The number of aryl methyl sites for hydroxylation is 2. The van der Waals surface area contributed by atoms with Crippen molar-refractivity contribution in [3.05, 3.63) is 61.0 Å². The Morgan fingerprint density at radius 2 is 1.75 bits per heavy atom. The molecule has 0 bridgehead atoms. The number of carbonyl (C=O) groups excluding carboxylic acids is 1. The molecule has 0 aromatic heterocycles. The Morgan fingerprint density at radius 3 is 2.35 bits per heavy atom. The van der Waals surface area contributed by atoms with Crippen molar-refractivity contribution in [3.8, 4) is 0 Å². The van der Waals surface area contributed by atoms with Crippen LogP contribution in [0.25, 0.3) is 0 Å². The maximum atomic E-state index is 12.3. The molecule has 0 fully saturated rings. The molecule has 0 radical (unpaired) electrons. The van der Waals surface area contributed by atoms with Gasteiger partial charge in [-0.15, -0.1) is 0 Å². The lowest BCUT2D eigenvalue weighted by molar-refractivity contribution is 0.102. The molecule has 0 unspecified atom stereocenters. The molecule has 1 amide bonds. The van der Waals surface area contributed by atoms with E-state index in [9.17, 15) is 4.79 Å². The van der Waals surface area contributed by atoms with E-state index in [4.69, 9.17) is 11.6 Å². The molecule has 0 aliphatic carbocycles. The Morgan fingerprint density at radius 1 is 1.15 bits per heavy atom. The Hall–Kier alpha value is -0.840. The summed E-state index contributed by atoms with van der Waals surface area (Å²) in [5.74, 6) is -0.225. The number of halogens is 3. The van der Waals surface area contributed by atoms with Crippen molar-refractivity contribution in [3.63, 3.8) is 0 Å². The summed E-state index contributed by atoms with van der Waals surface area (Å²) in [6.45, 7) is 3.97. The van der Waals surface area contributed by atoms with Gasteiger partial charge in [-0.05, 0) is 65.2 Å². The standard InChI is InChI=1S/C15H12Br2ClNO/c1-8-6-10(7-9(2)13(8)17)19-15(20)11-4-3-5-12(16)14(11)18/h3-7H,1-2H3,(H,19,20). The van der Waals surface area contributed by atoms with Gasteiger partial charge in [-0.1, -0.05) is 33.6 Å². The average molecular weight is 418 g/mol. The highest BCUT2D eigenvalue weighted by Crippen LogP contribution is 2.28. The fourth-order valence-electron chi connectivity index (χ4n) is 1.90. The second-order valence-corrected chi connectivity index (χ2v) is 6.50. The van der Waals surface area contributed by atoms with Crippen molar-refractivity contribution >= 4 is 55.1 Å². The van der Waals surface area contributed by atoms with Crippen LogP contribution < -0.4 is 5.32 Å². The molecule has 0 saturated heterocycles. The third-order valence-corrected chi connectivity index (χ3v) is 5.44. The maximum absolute atomic E-state index is 12.3. The van der Waals surface area contributed by atoms with Gasteiger partial charge in [0.25, 0.3) is 5.91 Å². The Bertz CT molecular complexity index is 663. The Balaban J connectivity index is 2.30. The minimum atomic E-state index is -0.225. The van der Waals surface area contributed by atoms with Gasteiger partial charge in [0.05, 0.1) is 10.6 Å². The topological polar surface area (TPSA) is 29.1 Å². The van der Waals surface area contributed by atoms with E-state index in [1.165, 1.54) is 0 Å². The van der Waals surface area contributed by atoms with Crippen LogP contribution in [0.15, 0.2) is 39.3 Å². The van der Waals surface area contributed by atoms with Crippen molar-refractivity contribution in [2.45, 2.75) is 13.8 Å². The first-order chi connectivity index (χ1) is 9.40. The van der Waals surface area contributed by atoms with E-state index >= 15 is 0 Å². The van der Waals surface area contributed by atoms with Gasteiger partial charge >= 0.3 is 0 Å². The zero-order valence-corrected chi connectivity index (χ0v) is 14.9. The molecule has 0 aliphatic heterocycles. The van der Waals surface area contributed by atoms with Crippen LogP contribution in [0.4, 0.5) is 5.69 Å². The molecular formula is C15H12Br2ClNO. The summed E-state index contributed by atoms with van der Waals surface area (Å²) in [5.41, 5.74) is 3.34. The molecule has 20 heavy (non-hydrogen) atoms. The van der Waals surface area contributed by atoms with E-state index in [1.54, 1.807) is 18.2 Å². The van der Waals surface area contributed by atoms with Crippen molar-refractivity contribution < 1.29 is 4.79 Å². The van der Waals surface area contributed by atoms with Gasteiger partial charge in [0.15, 0.2) is 0 Å². The van der Waals surface area contributed by atoms with E-state index < -0.39 is 0 Å². The minimum Gasteiger partial charge on any atom is -0.322 e. The predicted octanol–water partition coefficient (Wildman–Crippen LogP) is 5.73. The van der Waals surface area contributed by atoms with Crippen LogP contribution in [0.3, 0.4) is 0 Å². The second-order valence-electron chi connectivity index (χ2n) is 4.48. The number of hydrogen-bond donors (Lipinski definition) is 1. The molecule has 2 aromatic carbocycles. The van der Waals surface area contributed by atoms with Gasteiger partial charge in [-0.2, -0.15) is 0 Å². The highest BCUT2D eigenvalue weighted by molar-refractivity contribution is 9.10. The number of rotatable bonds is 2. The van der Waals surface area contributed by atoms with Crippen LogP contribution >= 0.6 is 43.5 Å². The number of benzene rings is 2. The van der Waals surface area contributed by atoms with E-state index in [0.717, 1.165) is 21.3 Å². The van der Waals surface area contributed by atoms with Gasteiger partial charge in [0.2, 0.25) is 0 Å². The van der Waals surface area contributed by atoms with Crippen LogP contribution in [0, 0.1) is 13.8 Å². The van der Waals surface area contributed by atoms with Crippen molar-refractivity contribution in [1.29, 1.82) is 0 Å². The first-order valence-electron chi connectivity index (χ1n) is 5.92. The van der Waals surface area contributed by atoms with Gasteiger partial charge < -0.3 is 5.32 Å². The summed E-state index contributed by atoms with van der Waals surface area (Å²) in [6, 6.07) is 9.11. The molecule has 2 rings (SSSR count). The summed E-state index contributed by atoms with van der Waals surface area (Å²) >= 11 is 12.9. The highest BCUT2D eigenvalue weighted by atomic mass is 79.9. The molecule has 0 heterocycles. The quantitative estimate of drug-likeness (QED) is 0.664. The van der Waals surface area contributed by atoms with Crippen LogP contribution in [0.5, 0.6) is 0 Å². The molecule has 2 aromatic rings. The predicted molar refractivity (Wildman–Crippen MR) is 90.7 cm³/mol. The third-order valence-electron chi connectivity index (χ3n) is 2.89. The van der Waals surface area contributed by atoms with Crippen LogP contribution in [0.1, 0.15) is 21.5 Å². The van der Waals surface area contributed by atoms with E-state index in [0.29, 0.717) is 15.1 Å². The van der Waals surface area contributed by atoms with Crippen molar-refractivity contribution in [2.75, 3.05) is 5.32 Å². The number of anilines is 1. The van der Waals surface area contributed by atoms with Crippen LogP contribution in [-0.2, 0) is 0 Å². The zero-order valence-electron chi connectivity index (χ0n) is 10.9. The molecule has 5 heteroatoms. The van der Waals surface area contributed by atoms with E-state index in [2.05, 4.69) is 37.2 Å². The number of nitrogens with one attached hydrogen (secondary N) is 1. The SMILES string of the molecule is Cc1cc(NC(=O)c2cccc(Br)c2Cl)cc(C)c1Br. The summed E-state index contributed by atoms with van der Waals surface area (Å²) in [6.07, 6.45) is 0. The fraction of sp³-hybridized carbons (Fsp3) is 0.133. The average Bonchev–Trinajstić information content (AvgIpc) is 2.39. The summed E-state index contributed by atoms with van der Waals surface area (Å²) in [4.78, 5) is 12.3. The fourth-order valence-corrected chi connectivity index (χ4v) is 2.70. The molecular weight excluding hydrogens is 405 g/mol. The van der Waals surface area contributed by atoms with Gasteiger partial charge in [0, 0.05) is 14.6 Å². The van der Waals surface area contributed by atoms with Crippen LogP contribution in [0.2, 0.25) is 5.02 Å². The van der Waals surface area contributed by atoms with Gasteiger partial charge in [-0.25, -0.2) is 0 Å². The Kier molecular flexibility index (Phi) is 4.89. The largest absolute Gasteiger partial charge is 0.322 e. The normalized spacial score (nSPS) is 10.4. The smallest absolute Gasteiger partial charge is 0.257 e. The lowest BCUT2D eigenvalue weighted by atomic mass is 10.1. The zero-order chi connectivity index (χ0) is 14.9. The first kappa shape index (κ1) is 15.5. The molecule has 0 saturated carbocycles. The molecule has 1 N–H and O–H groups in total. The first-order valence-corrected chi connectivity index (χ1v) is 7.88. The molecule has 0 spiro atoms. The summed E-state index contributed by atoms with van der Waals surface area (Å²) in [7, 11) is 0. The van der Waals surface area contributed by atoms with Crippen molar-refractivity contribution in [2.24, 2.45) is 0 Å². The monoisotopic (exact) mass is 415 g/mol. The number of carbonyl (C=O) groups is 1. The lowest BCUT2D eigenvalue weighted by Gasteiger charge is -2.11. The summed E-state index contributed by atoms with van der Waals surface area (Å²) < 4.78 is 1.76. The van der Waals surface area contributed by atoms with Gasteiger partial charge in [0.1, 0.15) is 0 Å². The number of hydrogen-bond acceptors (Lipinski definition) is 1. The molecule has 0 aliphatic rings. The molecule has 0 atom stereocenters. The molecule has 2 nitrogen and oxygen atoms in total. The maximum Gasteiger partial charge on any atom is 0.257 e.